The number of hydrogen-bond donors (Lipinski definition) is 0. The molecule has 0 aliphatic heterocycles. The monoisotopic (exact) mass is 426 g/mol. The molecule has 0 saturated heterocycles. The highest BCUT2D eigenvalue weighted by Gasteiger charge is 2.30. The topological polar surface area (TPSA) is 78.5 Å². The Morgan fingerprint density at radius 1 is 1.07 bits per heavy atom. The molecule has 2 aromatic heterocycles. The van der Waals surface area contributed by atoms with Gasteiger partial charge in [-0.25, -0.2) is 0 Å². The van der Waals surface area contributed by atoms with E-state index in [-0.39, 0.29) is 11.5 Å². The zero-order chi connectivity index (χ0) is 21.0. The van der Waals surface area contributed by atoms with Crippen molar-refractivity contribution in [1.29, 1.82) is 0 Å². The van der Waals surface area contributed by atoms with Gasteiger partial charge in [0.05, 0.1) is 34.5 Å². The summed E-state index contributed by atoms with van der Waals surface area (Å²) in [5, 5.41) is 15.7. The second-order valence-electron chi connectivity index (χ2n) is 6.54. The molecule has 7 nitrogen and oxygen atoms in total. The molecule has 3 aromatic rings. The van der Waals surface area contributed by atoms with Crippen molar-refractivity contribution in [2.24, 2.45) is 0 Å². The van der Waals surface area contributed by atoms with Crippen molar-refractivity contribution in [2.45, 2.75) is 50.4 Å². The molecule has 0 aliphatic rings. The molecule has 0 aliphatic carbocycles. The SMILES string of the molecule is CCC(CC)n1ccc(CS(=O)Cc2nnnn2-c2ccc(C(F)(F)F)cc2)n1. The largest absolute Gasteiger partial charge is 0.416 e. The van der Waals surface area contributed by atoms with Crippen LogP contribution in [0, 0.1) is 0 Å². The van der Waals surface area contributed by atoms with Crippen LogP contribution in [0.4, 0.5) is 13.2 Å². The van der Waals surface area contributed by atoms with Gasteiger partial charge in [-0.15, -0.1) is 5.10 Å². The molecule has 11 heteroatoms. The number of tetrazole rings is 1. The average molecular weight is 426 g/mol. The summed E-state index contributed by atoms with van der Waals surface area (Å²) < 4.78 is 53.9. The molecular weight excluding hydrogens is 405 g/mol. The summed E-state index contributed by atoms with van der Waals surface area (Å²) in [6.45, 7) is 4.18. The molecule has 0 N–H and O–H groups in total. The third-order valence-electron chi connectivity index (χ3n) is 4.55. The molecule has 0 bridgehead atoms. The fourth-order valence-corrected chi connectivity index (χ4v) is 4.02. The van der Waals surface area contributed by atoms with Crippen LogP contribution in [-0.2, 0) is 28.5 Å². The summed E-state index contributed by atoms with van der Waals surface area (Å²) in [7, 11) is -1.33. The lowest BCUT2D eigenvalue weighted by Gasteiger charge is -2.12. The van der Waals surface area contributed by atoms with Gasteiger partial charge in [-0.3, -0.25) is 8.89 Å². The van der Waals surface area contributed by atoms with E-state index < -0.39 is 22.5 Å². The van der Waals surface area contributed by atoms with Gasteiger partial charge in [-0.2, -0.15) is 23.0 Å². The first-order valence-corrected chi connectivity index (χ1v) is 10.6. The first kappa shape index (κ1) is 21.2. The number of hydrogen-bond acceptors (Lipinski definition) is 5. The van der Waals surface area contributed by atoms with Crippen LogP contribution in [0.3, 0.4) is 0 Å². The minimum absolute atomic E-state index is 0.0614. The Morgan fingerprint density at radius 2 is 1.76 bits per heavy atom. The van der Waals surface area contributed by atoms with Gasteiger partial charge < -0.3 is 0 Å². The summed E-state index contributed by atoms with van der Waals surface area (Å²) >= 11 is 0. The van der Waals surface area contributed by atoms with Crippen LogP contribution in [0.5, 0.6) is 0 Å². The van der Waals surface area contributed by atoms with Crippen molar-refractivity contribution >= 4 is 10.8 Å². The molecule has 1 aromatic carbocycles. The van der Waals surface area contributed by atoms with E-state index in [9.17, 15) is 17.4 Å². The molecule has 0 saturated carbocycles. The van der Waals surface area contributed by atoms with Crippen LogP contribution in [0.1, 0.15) is 49.8 Å². The van der Waals surface area contributed by atoms with E-state index in [1.165, 1.54) is 16.8 Å². The molecule has 1 unspecified atom stereocenters. The van der Waals surface area contributed by atoms with E-state index in [2.05, 4.69) is 34.5 Å². The maximum absolute atomic E-state index is 12.7. The predicted molar refractivity (Wildman–Crippen MR) is 102 cm³/mol. The fourth-order valence-electron chi connectivity index (χ4n) is 2.97. The summed E-state index contributed by atoms with van der Waals surface area (Å²) in [5.41, 5.74) is 0.323. The van der Waals surface area contributed by atoms with Crippen molar-refractivity contribution in [3.8, 4) is 5.69 Å². The molecule has 2 heterocycles. The lowest BCUT2D eigenvalue weighted by molar-refractivity contribution is -0.137. The van der Waals surface area contributed by atoms with E-state index in [1.54, 1.807) is 0 Å². The number of nitrogens with zero attached hydrogens (tertiary/aromatic N) is 6. The second-order valence-corrected chi connectivity index (χ2v) is 7.99. The highest BCUT2D eigenvalue weighted by molar-refractivity contribution is 7.83. The predicted octanol–water partition coefficient (Wildman–Crippen LogP) is 3.69. The molecule has 29 heavy (non-hydrogen) atoms. The highest BCUT2D eigenvalue weighted by atomic mass is 32.2. The third-order valence-corrected chi connectivity index (χ3v) is 5.75. The van der Waals surface area contributed by atoms with Crippen molar-refractivity contribution in [3.63, 3.8) is 0 Å². The Kier molecular flexibility index (Phi) is 6.46. The summed E-state index contributed by atoms with van der Waals surface area (Å²) in [6, 6.07) is 6.63. The Hall–Kier alpha value is -2.56. The summed E-state index contributed by atoms with van der Waals surface area (Å²) in [5.74, 6) is 0.612. The van der Waals surface area contributed by atoms with Crippen molar-refractivity contribution in [1.82, 2.24) is 30.0 Å². The van der Waals surface area contributed by atoms with Crippen molar-refractivity contribution in [2.75, 3.05) is 0 Å². The van der Waals surface area contributed by atoms with Crippen molar-refractivity contribution < 1.29 is 17.4 Å². The number of halogens is 3. The quantitative estimate of drug-likeness (QED) is 0.549. The molecule has 156 valence electrons. The molecule has 1 atom stereocenters. The smallest absolute Gasteiger partial charge is 0.269 e. The molecule has 3 rings (SSSR count). The van der Waals surface area contributed by atoms with Gasteiger partial charge in [-0.05, 0) is 53.6 Å². The van der Waals surface area contributed by atoms with Gasteiger partial charge in [0.15, 0.2) is 5.82 Å². The summed E-state index contributed by atoms with van der Waals surface area (Å²) in [4.78, 5) is 0. The van der Waals surface area contributed by atoms with Crippen molar-refractivity contribution in [3.05, 3.63) is 53.6 Å². The Labute approximate surface area is 168 Å². The normalized spacial score (nSPS) is 13.2. The fraction of sp³-hybridized carbons (Fsp3) is 0.444. The molecule has 0 radical (unpaired) electrons. The Bertz CT molecular complexity index is 963. The minimum Gasteiger partial charge on any atom is -0.269 e. The summed E-state index contributed by atoms with van der Waals surface area (Å²) in [6.07, 6.45) is -0.608. The van der Waals surface area contributed by atoms with E-state index in [1.807, 2.05) is 16.9 Å². The number of benzene rings is 1. The third kappa shape index (κ3) is 5.08. The average Bonchev–Trinajstić information content (AvgIpc) is 3.32. The molecule has 0 spiro atoms. The lowest BCUT2D eigenvalue weighted by atomic mass is 10.2. The zero-order valence-electron chi connectivity index (χ0n) is 16.0. The van der Waals surface area contributed by atoms with Gasteiger partial charge >= 0.3 is 6.18 Å². The number of rotatable bonds is 8. The molecule has 0 fully saturated rings. The van der Waals surface area contributed by atoms with Gasteiger partial charge in [-0.1, -0.05) is 13.8 Å². The van der Waals surface area contributed by atoms with Gasteiger partial charge in [0.25, 0.3) is 0 Å². The molecule has 0 amide bonds. The van der Waals surface area contributed by atoms with E-state index in [0.29, 0.717) is 23.2 Å². The van der Waals surface area contributed by atoms with Crippen LogP contribution in [0.25, 0.3) is 5.69 Å². The second kappa shape index (κ2) is 8.85. The van der Waals surface area contributed by atoms with Crippen LogP contribution < -0.4 is 0 Å². The van der Waals surface area contributed by atoms with Gasteiger partial charge in [0.1, 0.15) is 0 Å². The molecular formula is C18H21F3N6OS. The minimum atomic E-state index is -4.42. The van der Waals surface area contributed by atoms with Gasteiger partial charge in [0.2, 0.25) is 0 Å². The maximum Gasteiger partial charge on any atom is 0.416 e. The van der Waals surface area contributed by atoms with E-state index in [0.717, 1.165) is 25.0 Å². The van der Waals surface area contributed by atoms with Crippen LogP contribution >= 0.6 is 0 Å². The van der Waals surface area contributed by atoms with E-state index >= 15 is 0 Å². The first-order valence-electron chi connectivity index (χ1n) is 9.15. The maximum atomic E-state index is 12.7. The van der Waals surface area contributed by atoms with Gasteiger partial charge in [0, 0.05) is 17.0 Å². The van der Waals surface area contributed by atoms with Crippen LogP contribution in [-0.4, -0.2) is 34.2 Å². The van der Waals surface area contributed by atoms with E-state index in [4.69, 9.17) is 0 Å². The number of aromatic nitrogens is 6. The Morgan fingerprint density at radius 3 is 2.38 bits per heavy atom. The van der Waals surface area contributed by atoms with Crippen LogP contribution in [0.2, 0.25) is 0 Å². The zero-order valence-corrected chi connectivity index (χ0v) is 16.8. The number of alkyl halides is 3. The standard InChI is InChI=1S/C18H21F3N6OS/c1-3-15(4-2)26-10-9-14(23-26)11-29(28)12-17-22-24-25-27(17)16-7-5-13(6-8-16)18(19,20)21/h5-10,15H,3-4,11-12H2,1-2H3. The Balaban J connectivity index is 1.69. The first-order chi connectivity index (χ1) is 13.8. The highest BCUT2D eigenvalue weighted by Crippen LogP contribution is 2.29. The lowest BCUT2D eigenvalue weighted by Crippen LogP contribution is -2.10. The van der Waals surface area contributed by atoms with Crippen LogP contribution in [0.15, 0.2) is 36.5 Å².